The molecule has 3 aromatic rings. The van der Waals surface area contributed by atoms with Gasteiger partial charge in [0.1, 0.15) is 19.0 Å². The molecule has 2 N–H and O–H groups in total. The van der Waals surface area contributed by atoms with Gasteiger partial charge < -0.3 is 20.1 Å². The van der Waals surface area contributed by atoms with E-state index in [0.29, 0.717) is 41.1 Å². The van der Waals surface area contributed by atoms with Crippen molar-refractivity contribution in [2.45, 2.75) is 0 Å². The van der Waals surface area contributed by atoms with Gasteiger partial charge in [0.2, 0.25) is 0 Å². The SMILES string of the molecule is O=C(Nc1ccc(Nc2ccc3c(c2)OCCO3)nc1)c1cccc(Cl)c1. The van der Waals surface area contributed by atoms with E-state index in [4.69, 9.17) is 21.1 Å². The summed E-state index contributed by atoms with van der Waals surface area (Å²) in [6, 6.07) is 15.9. The molecule has 2 aromatic carbocycles. The second-order valence-electron chi connectivity index (χ2n) is 5.88. The fraction of sp³-hybridized carbons (Fsp3) is 0.100. The number of halogens is 1. The van der Waals surface area contributed by atoms with Crippen LogP contribution in [0.3, 0.4) is 0 Å². The summed E-state index contributed by atoms with van der Waals surface area (Å²) in [5.74, 6) is 1.84. The van der Waals surface area contributed by atoms with Gasteiger partial charge in [-0.2, -0.15) is 0 Å². The quantitative estimate of drug-likeness (QED) is 0.696. The van der Waals surface area contributed by atoms with Gasteiger partial charge in [-0.15, -0.1) is 0 Å². The normalized spacial score (nSPS) is 12.3. The molecule has 0 radical (unpaired) electrons. The predicted octanol–water partition coefficient (Wildman–Crippen LogP) is 4.50. The number of nitrogens with one attached hydrogen (secondary N) is 2. The summed E-state index contributed by atoms with van der Waals surface area (Å²) in [5, 5.41) is 6.50. The highest BCUT2D eigenvalue weighted by Crippen LogP contribution is 2.33. The molecule has 0 atom stereocenters. The van der Waals surface area contributed by atoms with E-state index in [1.54, 1.807) is 42.6 Å². The maximum atomic E-state index is 12.2. The topological polar surface area (TPSA) is 72.5 Å². The Morgan fingerprint density at radius 1 is 0.963 bits per heavy atom. The number of pyridine rings is 1. The van der Waals surface area contributed by atoms with Crippen molar-refractivity contribution < 1.29 is 14.3 Å². The molecule has 0 saturated heterocycles. The number of hydrogen-bond acceptors (Lipinski definition) is 5. The molecule has 1 aromatic heterocycles. The summed E-state index contributed by atoms with van der Waals surface area (Å²) in [6.07, 6.45) is 1.59. The predicted molar refractivity (Wildman–Crippen MR) is 104 cm³/mol. The Morgan fingerprint density at radius 3 is 2.56 bits per heavy atom. The maximum Gasteiger partial charge on any atom is 0.255 e. The van der Waals surface area contributed by atoms with Gasteiger partial charge in [0.15, 0.2) is 11.5 Å². The van der Waals surface area contributed by atoms with Crippen LogP contribution in [0, 0.1) is 0 Å². The second-order valence-corrected chi connectivity index (χ2v) is 6.32. The van der Waals surface area contributed by atoms with Crippen LogP contribution >= 0.6 is 11.6 Å². The van der Waals surface area contributed by atoms with E-state index in [0.717, 1.165) is 11.4 Å². The first-order valence-corrected chi connectivity index (χ1v) is 8.75. The molecule has 2 heterocycles. The van der Waals surface area contributed by atoms with Crippen molar-refractivity contribution in [2.75, 3.05) is 23.8 Å². The molecule has 0 unspecified atom stereocenters. The van der Waals surface area contributed by atoms with E-state index < -0.39 is 0 Å². The van der Waals surface area contributed by atoms with E-state index >= 15 is 0 Å². The van der Waals surface area contributed by atoms with Crippen molar-refractivity contribution in [1.29, 1.82) is 0 Å². The van der Waals surface area contributed by atoms with Crippen LogP contribution in [0.1, 0.15) is 10.4 Å². The van der Waals surface area contributed by atoms with E-state index in [-0.39, 0.29) is 5.91 Å². The fourth-order valence-corrected chi connectivity index (χ4v) is 2.83. The maximum absolute atomic E-state index is 12.2. The molecule has 6 nitrogen and oxygen atoms in total. The minimum Gasteiger partial charge on any atom is -0.486 e. The Morgan fingerprint density at radius 2 is 1.78 bits per heavy atom. The number of ether oxygens (including phenoxy) is 2. The molecule has 0 saturated carbocycles. The van der Waals surface area contributed by atoms with Crippen molar-refractivity contribution >= 4 is 34.7 Å². The minimum absolute atomic E-state index is 0.244. The second kappa shape index (κ2) is 7.55. The van der Waals surface area contributed by atoms with Gasteiger partial charge in [-0.05, 0) is 42.5 Å². The first-order chi connectivity index (χ1) is 13.2. The number of amides is 1. The number of carbonyl (C=O) groups excluding carboxylic acids is 1. The van der Waals surface area contributed by atoms with Gasteiger partial charge in [-0.3, -0.25) is 4.79 Å². The van der Waals surface area contributed by atoms with Crippen LogP contribution in [-0.4, -0.2) is 24.1 Å². The summed E-state index contributed by atoms with van der Waals surface area (Å²) < 4.78 is 11.1. The van der Waals surface area contributed by atoms with Crippen molar-refractivity contribution in [1.82, 2.24) is 4.98 Å². The van der Waals surface area contributed by atoms with Crippen LogP contribution in [0.5, 0.6) is 11.5 Å². The third kappa shape index (κ3) is 4.12. The molecule has 0 bridgehead atoms. The van der Waals surface area contributed by atoms with Crippen LogP contribution in [0.15, 0.2) is 60.8 Å². The summed E-state index contributed by atoms with van der Waals surface area (Å²) in [6.45, 7) is 1.10. The van der Waals surface area contributed by atoms with Gasteiger partial charge in [-0.25, -0.2) is 4.98 Å². The van der Waals surface area contributed by atoms with Gasteiger partial charge >= 0.3 is 0 Å². The van der Waals surface area contributed by atoms with Crippen molar-refractivity contribution in [3.8, 4) is 11.5 Å². The number of fused-ring (bicyclic) bond motifs is 1. The largest absolute Gasteiger partial charge is 0.486 e. The number of rotatable bonds is 4. The zero-order valence-corrected chi connectivity index (χ0v) is 15.0. The molecular weight excluding hydrogens is 366 g/mol. The number of carbonyl (C=O) groups is 1. The fourth-order valence-electron chi connectivity index (χ4n) is 2.64. The van der Waals surface area contributed by atoms with E-state index in [2.05, 4.69) is 15.6 Å². The standard InChI is InChI=1S/C20H16ClN3O3/c21-14-3-1-2-13(10-14)20(25)24-16-5-7-19(22-12-16)23-15-4-6-17-18(11-15)27-9-8-26-17/h1-7,10-12H,8-9H2,(H,22,23)(H,24,25). The summed E-state index contributed by atoms with van der Waals surface area (Å²) in [7, 11) is 0. The molecule has 7 heteroatoms. The summed E-state index contributed by atoms with van der Waals surface area (Å²) >= 11 is 5.92. The Labute approximate surface area is 161 Å². The lowest BCUT2D eigenvalue weighted by Crippen LogP contribution is -2.15. The highest BCUT2D eigenvalue weighted by molar-refractivity contribution is 6.31. The molecule has 27 heavy (non-hydrogen) atoms. The van der Waals surface area contributed by atoms with Crippen molar-refractivity contribution in [3.05, 3.63) is 71.4 Å². The smallest absolute Gasteiger partial charge is 0.255 e. The molecule has 0 fully saturated rings. The molecule has 1 aliphatic rings. The molecule has 0 aliphatic carbocycles. The number of nitrogens with zero attached hydrogens (tertiary/aromatic N) is 1. The Bertz CT molecular complexity index is 976. The van der Waals surface area contributed by atoms with E-state index in [1.807, 2.05) is 18.2 Å². The summed E-state index contributed by atoms with van der Waals surface area (Å²) in [4.78, 5) is 16.6. The lowest BCUT2D eigenvalue weighted by Gasteiger charge is -2.19. The Kier molecular flexibility index (Phi) is 4.80. The van der Waals surface area contributed by atoms with Crippen LogP contribution in [0.2, 0.25) is 5.02 Å². The van der Waals surface area contributed by atoms with Crippen LogP contribution in [0.4, 0.5) is 17.2 Å². The number of aromatic nitrogens is 1. The first kappa shape index (κ1) is 17.2. The minimum atomic E-state index is -0.244. The third-order valence-electron chi connectivity index (χ3n) is 3.92. The zero-order chi connectivity index (χ0) is 18.6. The molecular formula is C20H16ClN3O3. The average Bonchev–Trinajstić information content (AvgIpc) is 2.69. The average molecular weight is 382 g/mol. The third-order valence-corrected chi connectivity index (χ3v) is 4.16. The van der Waals surface area contributed by atoms with Gasteiger partial charge in [0, 0.05) is 22.3 Å². The van der Waals surface area contributed by atoms with Gasteiger partial charge in [-0.1, -0.05) is 17.7 Å². The molecule has 4 rings (SSSR count). The van der Waals surface area contributed by atoms with Crippen LogP contribution in [-0.2, 0) is 0 Å². The van der Waals surface area contributed by atoms with Crippen LogP contribution in [0.25, 0.3) is 0 Å². The monoisotopic (exact) mass is 381 g/mol. The van der Waals surface area contributed by atoms with Gasteiger partial charge in [0.25, 0.3) is 5.91 Å². The lowest BCUT2D eigenvalue weighted by atomic mass is 10.2. The molecule has 136 valence electrons. The number of benzene rings is 2. The Balaban J connectivity index is 1.42. The van der Waals surface area contributed by atoms with Crippen LogP contribution < -0.4 is 20.1 Å². The summed E-state index contributed by atoms with van der Waals surface area (Å²) in [5.41, 5.74) is 1.91. The van der Waals surface area contributed by atoms with Crippen molar-refractivity contribution in [2.24, 2.45) is 0 Å². The molecule has 0 spiro atoms. The highest BCUT2D eigenvalue weighted by Gasteiger charge is 2.12. The van der Waals surface area contributed by atoms with E-state index in [9.17, 15) is 4.79 Å². The number of hydrogen-bond donors (Lipinski definition) is 2. The Hall–Kier alpha value is -3.25. The number of anilines is 3. The van der Waals surface area contributed by atoms with Gasteiger partial charge in [0.05, 0.1) is 11.9 Å². The zero-order valence-electron chi connectivity index (χ0n) is 14.2. The first-order valence-electron chi connectivity index (χ1n) is 8.37. The van der Waals surface area contributed by atoms with E-state index in [1.165, 1.54) is 0 Å². The molecule has 1 amide bonds. The lowest BCUT2D eigenvalue weighted by molar-refractivity contribution is 0.102. The molecule has 1 aliphatic heterocycles. The highest BCUT2D eigenvalue weighted by atomic mass is 35.5. The van der Waals surface area contributed by atoms with Crippen molar-refractivity contribution in [3.63, 3.8) is 0 Å².